The van der Waals surface area contributed by atoms with Gasteiger partial charge in [-0.2, -0.15) is 15.2 Å². The summed E-state index contributed by atoms with van der Waals surface area (Å²) in [6.07, 6.45) is 5.83. The molecular weight excluding hydrogens is 434 g/mol. The van der Waals surface area contributed by atoms with E-state index in [0.717, 1.165) is 50.8 Å². The number of thiophene rings is 1. The fourth-order valence-corrected chi connectivity index (χ4v) is 5.17. The molecule has 0 amide bonds. The number of hydrogen-bond donors (Lipinski definition) is 0. The lowest BCUT2D eigenvalue weighted by atomic mass is 10.1. The van der Waals surface area contributed by atoms with Crippen LogP contribution in [0.4, 0.5) is 5.82 Å². The van der Waals surface area contributed by atoms with Gasteiger partial charge in [-0.05, 0) is 25.1 Å². The normalized spacial score (nSPS) is 14.3. The molecule has 0 aliphatic carbocycles. The molecule has 5 heterocycles. The summed E-state index contributed by atoms with van der Waals surface area (Å²) in [6.45, 7) is 5.09. The van der Waals surface area contributed by atoms with Crippen molar-refractivity contribution in [3.05, 3.63) is 60.6 Å². The van der Waals surface area contributed by atoms with Crippen LogP contribution in [0.15, 0.2) is 55.0 Å². The van der Waals surface area contributed by atoms with Crippen molar-refractivity contribution in [2.75, 3.05) is 31.2 Å². The molecule has 0 unspecified atom stereocenters. The third kappa shape index (κ3) is 3.79. The maximum atomic E-state index is 5.58. The van der Waals surface area contributed by atoms with Crippen molar-refractivity contribution in [2.45, 2.75) is 6.92 Å². The zero-order chi connectivity index (χ0) is 22.4. The van der Waals surface area contributed by atoms with E-state index in [1.165, 1.54) is 5.56 Å². The average molecular weight is 458 g/mol. The van der Waals surface area contributed by atoms with Gasteiger partial charge in [0.2, 0.25) is 0 Å². The lowest BCUT2D eigenvalue weighted by Gasteiger charge is -2.28. The maximum Gasteiger partial charge on any atom is 0.253 e. The van der Waals surface area contributed by atoms with E-state index in [1.807, 2.05) is 42.5 Å². The van der Waals surface area contributed by atoms with Gasteiger partial charge in [0.1, 0.15) is 0 Å². The Balaban J connectivity index is 1.47. The van der Waals surface area contributed by atoms with Crippen molar-refractivity contribution in [2.24, 2.45) is 7.05 Å². The van der Waals surface area contributed by atoms with Gasteiger partial charge in [-0.1, -0.05) is 23.8 Å². The number of hydrogen-bond acceptors (Lipinski definition) is 7. The SMILES string of the molecule is Cc1cccc(-c2ccn(-c3nc(N4CCOCC4)c4sc(-c5cnn(C)c5)cc4n3)n2)c1. The standard InChI is InChI=1S/C24H23N7OS/c1-16-4-3-5-17(12-16)19-6-7-31(28-19)24-26-20-13-21(18-14-25-29(2)15-18)33-22(20)23(27-24)30-8-10-32-11-9-30/h3-7,12-15H,8-11H2,1-2H3. The molecule has 0 saturated carbocycles. The Morgan fingerprint density at radius 1 is 1.03 bits per heavy atom. The Hall–Kier alpha value is -3.56. The summed E-state index contributed by atoms with van der Waals surface area (Å²) in [4.78, 5) is 13.3. The molecule has 33 heavy (non-hydrogen) atoms. The van der Waals surface area contributed by atoms with E-state index in [0.29, 0.717) is 19.2 Å². The van der Waals surface area contributed by atoms with Crippen LogP contribution < -0.4 is 4.90 Å². The summed E-state index contributed by atoms with van der Waals surface area (Å²) >= 11 is 1.70. The van der Waals surface area contributed by atoms with E-state index in [-0.39, 0.29) is 0 Å². The van der Waals surface area contributed by atoms with Crippen LogP contribution in [-0.4, -0.2) is 55.8 Å². The molecule has 9 heteroatoms. The molecular formula is C24H23N7OS. The highest BCUT2D eigenvalue weighted by molar-refractivity contribution is 7.22. The van der Waals surface area contributed by atoms with Crippen molar-refractivity contribution in [3.8, 4) is 27.6 Å². The van der Waals surface area contributed by atoms with Crippen molar-refractivity contribution in [1.82, 2.24) is 29.5 Å². The number of benzene rings is 1. The minimum absolute atomic E-state index is 0.568. The molecule has 4 aromatic heterocycles. The smallest absolute Gasteiger partial charge is 0.253 e. The second-order valence-corrected chi connectivity index (χ2v) is 9.24. The third-order valence-electron chi connectivity index (χ3n) is 5.75. The number of aromatic nitrogens is 6. The van der Waals surface area contributed by atoms with Gasteiger partial charge < -0.3 is 9.64 Å². The molecule has 5 aromatic rings. The minimum Gasteiger partial charge on any atom is -0.378 e. The largest absolute Gasteiger partial charge is 0.378 e. The molecule has 1 fully saturated rings. The van der Waals surface area contributed by atoms with E-state index < -0.39 is 0 Å². The molecule has 0 atom stereocenters. The van der Waals surface area contributed by atoms with Gasteiger partial charge in [-0.3, -0.25) is 4.68 Å². The molecule has 166 valence electrons. The molecule has 0 spiro atoms. The van der Waals surface area contributed by atoms with E-state index >= 15 is 0 Å². The van der Waals surface area contributed by atoms with E-state index in [9.17, 15) is 0 Å². The monoisotopic (exact) mass is 457 g/mol. The molecule has 1 saturated heterocycles. The second kappa shape index (κ2) is 8.09. The van der Waals surface area contributed by atoms with Crippen LogP contribution in [0, 0.1) is 6.92 Å². The lowest BCUT2D eigenvalue weighted by Crippen LogP contribution is -2.37. The number of fused-ring (bicyclic) bond motifs is 1. The third-order valence-corrected chi connectivity index (χ3v) is 6.92. The Bertz CT molecular complexity index is 1440. The van der Waals surface area contributed by atoms with Crippen molar-refractivity contribution in [3.63, 3.8) is 0 Å². The number of anilines is 1. The van der Waals surface area contributed by atoms with Gasteiger partial charge in [-0.25, -0.2) is 9.67 Å². The highest BCUT2D eigenvalue weighted by atomic mass is 32.1. The minimum atomic E-state index is 0.568. The van der Waals surface area contributed by atoms with E-state index in [2.05, 4.69) is 41.2 Å². The summed E-state index contributed by atoms with van der Waals surface area (Å²) in [6, 6.07) is 12.5. The fourth-order valence-electron chi connectivity index (χ4n) is 4.08. The molecule has 0 bridgehead atoms. The van der Waals surface area contributed by atoms with Gasteiger partial charge in [0.05, 0.1) is 35.3 Å². The Morgan fingerprint density at radius 2 is 1.91 bits per heavy atom. The summed E-state index contributed by atoms with van der Waals surface area (Å²) in [5.41, 5.74) is 5.18. The molecule has 1 aliphatic rings. The van der Waals surface area contributed by atoms with Crippen LogP contribution in [0.1, 0.15) is 5.56 Å². The molecule has 1 aromatic carbocycles. The summed E-state index contributed by atoms with van der Waals surface area (Å²) in [7, 11) is 1.93. The lowest BCUT2D eigenvalue weighted by molar-refractivity contribution is 0.122. The fraction of sp³-hybridized carbons (Fsp3) is 0.250. The predicted molar refractivity (Wildman–Crippen MR) is 130 cm³/mol. The zero-order valence-corrected chi connectivity index (χ0v) is 19.3. The average Bonchev–Trinajstić information content (AvgIpc) is 3.58. The number of aryl methyl sites for hydroxylation is 2. The molecule has 8 nitrogen and oxygen atoms in total. The van der Waals surface area contributed by atoms with Crippen LogP contribution >= 0.6 is 11.3 Å². The first kappa shape index (κ1) is 20.1. The van der Waals surface area contributed by atoms with E-state index in [1.54, 1.807) is 16.0 Å². The van der Waals surface area contributed by atoms with Crippen LogP contribution in [0.3, 0.4) is 0 Å². The van der Waals surface area contributed by atoms with Crippen molar-refractivity contribution in [1.29, 1.82) is 0 Å². The number of rotatable bonds is 4. The van der Waals surface area contributed by atoms with Crippen LogP contribution in [0.2, 0.25) is 0 Å². The van der Waals surface area contributed by atoms with Gasteiger partial charge in [-0.15, -0.1) is 11.3 Å². The Morgan fingerprint density at radius 3 is 2.70 bits per heavy atom. The molecule has 1 aliphatic heterocycles. The van der Waals surface area contributed by atoms with Gasteiger partial charge in [0, 0.05) is 48.5 Å². The molecule has 0 N–H and O–H groups in total. The highest BCUT2D eigenvalue weighted by Gasteiger charge is 2.21. The van der Waals surface area contributed by atoms with Crippen LogP contribution in [0.25, 0.3) is 37.9 Å². The van der Waals surface area contributed by atoms with Gasteiger partial charge in [0.25, 0.3) is 5.95 Å². The van der Waals surface area contributed by atoms with Crippen molar-refractivity contribution >= 4 is 27.4 Å². The van der Waals surface area contributed by atoms with Gasteiger partial charge >= 0.3 is 0 Å². The van der Waals surface area contributed by atoms with Crippen LogP contribution in [-0.2, 0) is 11.8 Å². The summed E-state index contributed by atoms with van der Waals surface area (Å²) in [5, 5.41) is 9.12. The Kier molecular flexibility index (Phi) is 4.92. The first-order chi connectivity index (χ1) is 16.1. The first-order valence-corrected chi connectivity index (χ1v) is 11.7. The van der Waals surface area contributed by atoms with Crippen molar-refractivity contribution < 1.29 is 4.74 Å². The quantitative estimate of drug-likeness (QED) is 0.405. The molecule has 6 rings (SSSR count). The first-order valence-electron chi connectivity index (χ1n) is 10.9. The number of nitrogens with zero attached hydrogens (tertiary/aromatic N) is 7. The number of morpholine rings is 1. The highest BCUT2D eigenvalue weighted by Crippen LogP contribution is 2.38. The van der Waals surface area contributed by atoms with Crippen LogP contribution in [0.5, 0.6) is 0 Å². The zero-order valence-electron chi connectivity index (χ0n) is 18.5. The number of ether oxygens (including phenoxy) is 1. The summed E-state index contributed by atoms with van der Waals surface area (Å²) in [5.74, 6) is 1.50. The van der Waals surface area contributed by atoms with E-state index in [4.69, 9.17) is 19.8 Å². The predicted octanol–water partition coefficient (Wildman–Crippen LogP) is 4.09. The second-order valence-electron chi connectivity index (χ2n) is 8.19. The maximum absolute atomic E-state index is 5.58. The summed E-state index contributed by atoms with van der Waals surface area (Å²) < 4.78 is 10.2. The van der Waals surface area contributed by atoms with Gasteiger partial charge in [0.15, 0.2) is 5.82 Å². The Labute approximate surface area is 195 Å². The molecule has 0 radical (unpaired) electrons. The topological polar surface area (TPSA) is 73.9 Å².